The zero-order valence-electron chi connectivity index (χ0n) is 8.61. The fourth-order valence-corrected chi connectivity index (χ4v) is 2.11. The van der Waals surface area contributed by atoms with Gasteiger partial charge >= 0.3 is 5.97 Å². The highest BCUT2D eigenvalue weighted by atomic mass is 19.1. The van der Waals surface area contributed by atoms with Gasteiger partial charge in [-0.2, -0.15) is 0 Å². The van der Waals surface area contributed by atoms with Gasteiger partial charge in [-0.25, -0.2) is 13.6 Å². The predicted octanol–water partition coefficient (Wildman–Crippen LogP) is 2.22. The summed E-state index contributed by atoms with van der Waals surface area (Å²) in [6, 6.07) is 1.90. The molecule has 2 atom stereocenters. The van der Waals surface area contributed by atoms with Crippen LogP contribution in [0.4, 0.5) is 8.78 Å². The smallest absolute Gasteiger partial charge is 0.349 e. The maximum atomic E-state index is 13.6. The van der Waals surface area contributed by atoms with Crippen molar-refractivity contribution in [1.29, 1.82) is 0 Å². The number of carboxylic acids is 1. The van der Waals surface area contributed by atoms with Crippen LogP contribution < -0.4 is 4.74 Å². The molecule has 1 saturated carbocycles. The molecular weight excluding hydrogens is 230 g/mol. The summed E-state index contributed by atoms with van der Waals surface area (Å²) in [5.41, 5.74) is 1.26. The summed E-state index contributed by atoms with van der Waals surface area (Å²) in [7, 11) is 0. The van der Waals surface area contributed by atoms with E-state index in [1.807, 2.05) is 0 Å². The molecule has 3 rings (SSSR count). The quantitative estimate of drug-likeness (QED) is 0.763. The number of benzene rings is 1. The molecule has 1 heterocycles. The molecule has 0 saturated heterocycles. The van der Waals surface area contributed by atoms with E-state index in [-0.39, 0.29) is 11.7 Å². The van der Waals surface area contributed by atoms with Gasteiger partial charge in [-0.3, -0.25) is 0 Å². The number of fused-ring (bicyclic) bond motifs is 3. The van der Waals surface area contributed by atoms with E-state index < -0.39 is 23.7 Å². The molecule has 88 valence electrons. The van der Waals surface area contributed by atoms with Crippen molar-refractivity contribution in [3.8, 4) is 5.75 Å². The number of carbonyl (C=O) groups is 1. The van der Waals surface area contributed by atoms with Crippen molar-refractivity contribution in [1.82, 2.24) is 0 Å². The number of ether oxygens (including phenoxy) is 1. The number of carboxylic acid groups (broad SMARTS) is 1. The molecule has 5 heteroatoms. The van der Waals surface area contributed by atoms with Gasteiger partial charge in [0.25, 0.3) is 0 Å². The van der Waals surface area contributed by atoms with E-state index in [1.165, 1.54) is 12.1 Å². The Bertz CT molecular complexity index is 551. The van der Waals surface area contributed by atoms with Gasteiger partial charge in [0.1, 0.15) is 5.82 Å². The molecule has 0 spiro atoms. The van der Waals surface area contributed by atoms with E-state index in [4.69, 9.17) is 9.84 Å². The average Bonchev–Trinajstić information content (AvgIpc) is 2.97. The lowest BCUT2D eigenvalue weighted by Crippen LogP contribution is -2.25. The Labute approximate surface area is 95.3 Å². The van der Waals surface area contributed by atoms with Gasteiger partial charge in [0.05, 0.1) is 0 Å². The molecule has 1 N–H and O–H groups in total. The predicted molar refractivity (Wildman–Crippen MR) is 53.9 cm³/mol. The number of rotatable bonds is 1. The molecule has 1 unspecified atom stereocenters. The van der Waals surface area contributed by atoms with Gasteiger partial charge in [0.15, 0.2) is 11.6 Å². The fourth-order valence-electron chi connectivity index (χ4n) is 2.11. The molecule has 3 nitrogen and oxygen atoms in total. The van der Waals surface area contributed by atoms with Gasteiger partial charge in [-0.1, -0.05) is 5.57 Å². The molecule has 17 heavy (non-hydrogen) atoms. The monoisotopic (exact) mass is 238 g/mol. The third-order valence-corrected chi connectivity index (χ3v) is 2.99. The minimum atomic E-state index is -1.20. The first-order valence-electron chi connectivity index (χ1n) is 5.15. The number of allylic oxidation sites excluding steroid dienone is 1. The molecule has 0 bridgehead atoms. The summed E-state index contributed by atoms with van der Waals surface area (Å²) in [4.78, 5) is 10.9. The zero-order valence-corrected chi connectivity index (χ0v) is 8.61. The lowest BCUT2D eigenvalue weighted by Gasteiger charge is -2.13. The van der Waals surface area contributed by atoms with E-state index in [0.29, 0.717) is 18.1 Å². The third kappa shape index (κ3) is 1.58. The molecule has 1 aromatic carbocycles. The van der Waals surface area contributed by atoms with E-state index in [9.17, 15) is 13.6 Å². The number of hydrogen-bond donors (Lipinski definition) is 1. The number of aliphatic carboxylic acids is 1. The molecule has 1 aromatic rings. The van der Waals surface area contributed by atoms with Crippen LogP contribution in [0.15, 0.2) is 23.8 Å². The van der Waals surface area contributed by atoms with Crippen LogP contribution in [0.1, 0.15) is 17.9 Å². The highest BCUT2D eigenvalue weighted by Crippen LogP contribution is 2.52. The van der Waals surface area contributed by atoms with E-state index in [0.717, 1.165) is 5.57 Å². The summed E-state index contributed by atoms with van der Waals surface area (Å²) < 4.78 is 31.8. The molecular formula is C12H8F2O3. The molecule has 0 radical (unpaired) electrons. The minimum Gasteiger partial charge on any atom is -0.478 e. The van der Waals surface area contributed by atoms with Crippen molar-refractivity contribution < 1.29 is 23.4 Å². The third-order valence-electron chi connectivity index (χ3n) is 2.99. The van der Waals surface area contributed by atoms with Crippen molar-refractivity contribution >= 4 is 5.97 Å². The first-order chi connectivity index (χ1) is 8.06. The van der Waals surface area contributed by atoms with Crippen LogP contribution in [-0.4, -0.2) is 17.2 Å². The normalized spacial score (nSPS) is 24.9. The summed E-state index contributed by atoms with van der Waals surface area (Å²) in [6.07, 6.45) is 0.907. The highest BCUT2D eigenvalue weighted by Gasteiger charge is 2.40. The lowest BCUT2D eigenvalue weighted by atomic mass is 10.1. The minimum absolute atomic E-state index is 0.0976. The molecule has 1 aliphatic carbocycles. The van der Waals surface area contributed by atoms with Crippen LogP contribution in [0, 0.1) is 11.6 Å². The Balaban J connectivity index is 2.13. The van der Waals surface area contributed by atoms with Gasteiger partial charge in [-0.05, 0) is 18.6 Å². The van der Waals surface area contributed by atoms with E-state index in [2.05, 4.69) is 0 Å². The molecule has 2 aliphatic rings. The lowest BCUT2D eigenvalue weighted by molar-refractivity contribution is -0.142. The van der Waals surface area contributed by atoms with Gasteiger partial charge in [0, 0.05) is 17.5 Å². The van der Waals surface area contributed by atoms with Crippen molar-refractivity contribution in [3.05, 3.63) is 41.0 Å². The standard InChI is InChI=1S/C12H8F2O3/c13-6-3-8-7-1-5(7)2-10(12(15)16)17-11(8)9(14)4-6/h2-4,7,10H,1H2,(H,15,16)/t7?,10-/m0/s1. The van der Waals surface area contributed by atoms with Crippen LogP contribution in [0.2, 0.25) is 0 Å². The number of hydrogen-bond acceptors (Lipinski definition) is 2. The summed E-state index contributed by atoms with van der Waals surface area (Å²) in [6.45, 7) is 0. The van der Waals surface area contributed by atoms with E-state index in [1.54, 1.807) is 0 Å². The van der Waals surface area contributed by atoms with Crippen molar-refractivity contribution in [3.63, 3.8) is 0 Å². The van der Waals surface area contributed by atoms with Crippen molar-refractivity contribution in [2.75, 3.05) is 0 Å². The van der Waals surface area contributed by atoms with E-state index >= 15 is 0 Å². The first kappa shape index (κ1) is 10.3. The SMILES string of the molecule is O=C(O)[C@@H]1C=C2CC2c2cc(F)cc(F)c2O1. The summed E-state index contributed by atoms with van der Waals surface area (Å²) in [5, 5.41) is 8.90. The second kappa shape index (κ2) is 3.29. The molecule has 0 amide bonds. The summed E-state index contributed by atoms with van der Waals surface area (Å²) in [5.74, 6) is -2.95. The first-order valence-corrected chi connectivity index (χ1v) is 5.15. The zero-order chi connectivity index (χ0) is 12.2. The largest absolute Gasteiger partial charge is 0.478 e. The Morgan fingerprint density at radius 1 is 1.41 bits per heavy atom. The van der Waals surface area contributed by atoms with Gasteiger partial charge in [-0.15, -0.1) is 0 Å². The van der Waals surface area contributed by atoms with Gasteiger partial charge in [0.2, 0.25) is 6.10 Å². The van der Waals surface area contributed by atoms with Crippen LogP contribution in [-0.2, 0) is 4.79 Å². The van der Waals surface area contributed by atoms with Crippen LogP contribution in [0.5, 0.6) is 5.75 Å². The Morgan fingerprint density at radius 3 is 2.88 bits per heavy atom. The molecule has 1 fully saturated rings. The van der Waals surface area contributed by atoms with Gasteiger partial charge < -0.3 is 9.84 Å². The van der Waals surface area contributed by atoms with Crippen LogP contribution in [0.3, 0.4) is 0 Å². The maximum Gasteiger partial charge on any atom is 0.349 e. The van der Waals surface area contributed by atoms with Crippen LogP contribution in [0.25, 0.3) is 0 Å². The number of halogens is 2. The second-order valence-electron chi connectivity index (χ2n) is 4.18. The topological polar surface area (TPSA) is 46.5 Å². The fraction of sp³-hybridized carbons (Fsp3) is 0.250. The second-order valence-corrected chi connectivity index (χ2v) is 4.18. The summed E-state index contributed by atoms with van der Waals surface area (Å²) >= 11 is 0. The van der Waals surface area contributed by atoms with Crippen molar-refractivity contribution in [2.24, 2.45) is 0 Å². The molecule has 1 aliphatic heterocycles. The van der Waals surface area contributed by atoms with Crippen LogP contribution >= 0.6 is 0 Å². The van der Waals surface area contributed by atoms with Crippen molar-refractivity contribution in [2.45, 2.75) is 18.4 Å². The average molecular weight is 238 g/mol. The molecule has 0 aromatic heterocycles. The Morgan fingerprint density at radius 2 is 2.18 bits per heavy atom. The highest BCUT2D eigenvalue weighted by molar-refractivity contribution is 5.76. The Kier molecular flexibility index (Phi) is 1.98. The Hall–Kier alpha value is -1.91. The maximum absolute atomic E-state index is 13.6.